The van der Waals surface area contributed by atoms with Crippen molar-refractivity contribution >= 4 is 18.3 Å². The summed E-state index contributed by atoms with van der Waals surface area (Å²) in [6, 6.07) is -0.441. The minimum absolute atomic E-state index is 0. The number of hydrogen-bond acceptors (Lipinski definition) is 3. The number of carbonyl (C=O) groups excluding carboxylic acids is 1. The fourth-order valence-electron chi connectivity index (χ4n) is 1.91. The fraction of sp³-hybridized carbons (Fsp3) is 0.909. The number of nitrogens with two attached hydrogens (primary N) is 1. The molecule has 0 bridgehead atoms. The van der Waals surface area contributed by atoms with Gasteiger partial charge < -0.3 is 16.2 Å². The molecule has 0 aromatic rings. The van der Waals surface area contributed by atoms with Crippen LogP contribution in [0.15, 0.2) is 0 Å². The number of hydrogen-bond donors (Lipinski definition) is 3. The third-order valence-electron chi connectivity index (χ3n) is 3.18. The molecule has 2 unspecified atom stereocenters. The van der Waals surface area contributed by atoms with Gasteiger partial charge in [-0.2, -0.15) is 0 Å². The molecule has 5 heteroatoms. The van der Waals surface area contributed by atoms with E-state index in [9.17, 15) is 9.90 Å². The van der Waals surface area contributed by atoms with Gasteiger partial charge in [-0.05, 0) is 18.8 Å². The Balaban J connectivity index is 0.00000225. The maximum Gasteiger partial charge on any atom is 0.237 e. The van der Waals surface area contributed by atoms with Gasteiger partial charge in [0.1, 0.15) is 0 Å². The summed E-state index contributed by atoms with van der Waals surface area (Å²) in [6.07, 6.45) is 2.66. The molecule has 0 saturated heterocycles. The van der Waals surface area contributed by atoms with Crippen LogP contribution >= 0.6 is 12.4 Å². The monoisotopic (exact) mass is 250 g/mol. The molecule has 1 aliphatic rings. The lowest BCUT2D eigenvalue weighted by atomic mass is 10.0. The molecular weight excluding hydrogens is 228 g/mol. The topological polar surface area (TPSA) is 75.4 Å². The third-order valence-corrected chi connectivity index (χ3v) is 3.18. The molecule has 0 heterocycles. The molecule has 0 radical (unpaired) electrons. The Hall–Kier alpha value is -0.320. The van der Waals surface area contributed by atoms with Crippen molar-refractivity contribution in [3.63, 3.8) is 0 Å². The van der Waals surface area contributed by atoms with Crippen molar-refractivity contribution in [3.8, 4) is 0 Å². The average molecular weight is 251 g/mol. The maximum absolute atomic E-state index is 11.5. The highest BCUT2D eigenvalue weighted by molar-refractivity contribution is 5.85. The Kier molecular flexibility index (Phi) is 6.95. The van der Waals surface area contributed by atoms with Gasteiger partial charge in [0.25, 0.3) is 0 Å². The summed E-state index contributed by atoms with van der Waals surface area (Å²) >= 11 is 0. The minimum Gasteiger partial charge on any atom is -0.393 e. The van der Waals surface area contributed by atoms with Gasteiger partial charge in [0.15, 0.2) is 0 Å². The summed E-state index contributed by atoms with van der Waals surface area (Å²) in [5.41, 5.74) is 5.70. The van der Waals surface area contributed by atoms with Gasteiger partial charge in [-0.25, -0.2) is 0 Å². The molecule has 0 aliphatic heterocycles. The molecule has 0 aromatic heterocycles. The van der Waals surface area contributed by atoms with Crippen molar-refractivity contribution in [2.24, 2.45) is 17.6 Å². The van der Waals surface area contributed by atoms with Gasteiger partial charge in [0, 0.05) is 12.5 Å². The summed E-state index contributed by atoms with van der Waals surface area (Å²) in [6.45, 7) is 4.41. The van der Waals surface area contributed by atoms with E-state index in [2.05, 4.69) is 5.32 Å². The van der Waals surface area contributed by atoms with Gasteiger partial charge in [0.05, 0.1) is 12.1 Å². The quantitative estimate of drug-likeness (QED) is 0.687. The van der Waals surface area contributed by atoms with E-state index in [4.69, 9.17) is 5.73 Å². The second-order valence-electron chi connectivity index (χ2n) is 4.77. The first-order chi connectivity index (χ1) is 7.02. The molecule has 1 fully saturated rings. The summed E-state index contributed by atoms with van der Waals surface area (Å²) in [7, 11) is 0. The molecule has 3 atom stereocenters. The highest BCUT2D eigenvalue weighted by atomic mass is 35.5. The molecule has 16 heavy (non-hydrogen) atoms. The van der Waals surface area contributed by atoms with Crippen molar-refractivity contribution in [2.45, 2.75) is 45.3 Å². The fourth-order valence-corrected chi connectivity index (χ4v) is 1.91. The third kappa shape index (κ3) is 4.28. The Morgan fingerprint density at radius 3 is 2.56 bits per heavy atom. The first-order valence-electron chi connectivity index (χ1n) is 5.73. The smallest absolute Gasteiger partial charge is 0.237 e. The molecule has 96 valence electrons. The maximum atomic E-state index is 11.5. The first-order valence-corrected chi connectivity index (χ1v) is 5.73. The SMILES string of the molecule is CC(C)[C@H](N)C(=O)NCC1CCCC1O.Cl. The van der Waals surface area contributed by atoms with E-state index in [0.717, 1.165) is 19.3 Å². The highest BCUT2D eigenvalue weighted by Gasteiger charge is 2.26. The van der Waals surface area contributed by atoms with Crippen molar-refractivity contribution in [1.29, 1.82) is 0 Å². The zero-order valence-corrected chi connectivity index (χ0v) is 10.8. The number of halogens is 1. The molecule has 1 amide bonds. The minimum atomic E-state index is -0.441. The highest BCUT2D eigenvalue weighted by Crippen LogP contribution is 2.24. The zero-order chi connectivity index (χ0) is 11.4. The Morgan fingerprint density at radius 1 is 1.50 bits per heavy atom. The molecule has 0 aromatic carbocycles. The van der Waals surface area contributed by atoms with Gasteiger partial charge in [-0.15, -0.1) is 12.4 Å². The zero-order valence-electron chi connectivity index (χ0n) is 9.98. The van der Waals surface area contributed by atoms with Crippen molar-refractivity contribution < 1.29 is 9.90 Å². The van der Waals surface area contributed by atoms with Crippen LogP contribution in [0, 0.1) is 11.8 Å². The van der Waals surface area contributed by atoms with Crippen LogP contribution in [-0.2, 0) is 4.79 Å². The van der Waals surface area contributed by atoms with Gasteiger partial charge >= 0.3 is 0 Å². The average Bonchev–Trinajstić information content (AvgIpc) is 2.59. The Morgan fingerprint density at radius 2 is 2.12 bits per heavy atom. The van der Waals surface area contributed by atoms with Crippen LogP contribution in [0.5, 0.6) is 0 Å². The summed E-state index contributed by atoms with van der Waals surface area (Å²) in [5, 5.41) is 12.4. The van der Waals surface area contributed by atoms with E-state index < -0.39 is 6.04 Å². The van der Waals surface area contributed by atoms with Gasteiger partial charge in [0.2, 0.25) is 5.91 Å². The molecule has 1 rings (SSSR count). The van der Waals surface area contributed by atoms with Crippen LogP contribution in [-0.4, -0.2) is 29.7 Å². The van der Waals surface area contributed by atoms with E-state index in [1.807, 2.05) is 13.8 Å². The van der Waals surface area contributed by atoms with E-state index in [1.165, 1.54) is 0 Å². The number of nitrogens with one attached hydrogen (secondary N) is 1. The van der Waals surface area contributed by atoms with E-state index in [0.29, 0.717) is 6.54 Å². The molecule has 1 saturated carbocycles. The predicted molar refractivity (Wildman–Crippen MR) is 66.4 cm³/mol. The van der Waals surface area contributed by atoms with E-state index in [-0.39, 0.29) is 36.3 Å². The normalized spacial score (nSPS) is 26.3. The van der Waals surface area contributed by atoms with Crippen LogP contribution in [0.4, 0.5) is 0 Å². The lowest BCUT2D eigenvalue weighted by molar-refractivity contribution is -0.123. The summed E-state index contributed by atoms with van der Waals surface area (Å²) < 4.78 is 0. The standard InChI is InChI=1S/C11H22N2O2.ClH/c1-7(2)10(12)11(15)13-6-8-4-3-5-9(8)14;/h7-10,14H,3-6,12H2,1-2H3,(H,13,15);1H/t8?,9?,10-;/m0./s1. The number of carbonyl (C=O) groups is 1. The molecule has 4 N–H and O–H groups in total. The van der Waals surface area contributed by atoms with E-state index in [1.54, 1.807) is 0 Å². The lowest BCUT2D eigenvalue weighted by Crippen LogP contribution is -2.45. The number of rotatable bonds is 4. The summed E-state index contributed by atoms with van der Waals surface area (Å²) in [5.74, 6) is 0.260. The van der Waals surface area contributed by atoms with Gasteiger partial charge in [-0.1, -0.05) is 20.3 Å². The van der Waals surface area contributed by atoms with E-state index >= 15 is 0 Å². The second-order valence-corrected chi connectivity index (χ2v) is 4.77. The summed E-state index contributed by atoms with van der Waals surface area (Å²) in [4.78, 5) is 11.5. The molecule has 4 nitrogen and oxygen atoms in total. The Labute approximate surface area is 103 Å². The second kappa shape index (κ2) is 7.09. The Bertz CT molecular complexity index is 224. The van der Waals surface area contributed by atoms with Crippen molar-refractivity contribution in [2.75, 3.05) is 6.54 Å². The van der Waals surface area contributed by atoms with Crippen LogP contribution in [0.1, 0.15) is 33.1 Å². The van der Waals surface area contributed by atoms with Crippen LogP contribution < -0.4 is 11.1 Å². The van der Waals surface area contributed by atoms with Crippen LogP contribution in [0.2, 0.25) is 0 Å². The number of amides is 1. The first kappa shape index (κ1) is 15.7. The number of aliphatic hydroxyl groups is 1. The van der Waals surface area contributed by atoms with Crippen LogP contribution in [0.3, 0.4) is 0 Å². The van der Waals surface area contributed by atoms with Gasteiger partial charge in [-0.3, -0.25) is 4.79 Å². The largest absolute Gasteiger partial charge is 0.393 e. The molecule has 0 spiro atoms. The van der Waals surface area contributed by atoms with Crippen molar-refractivity contribution in [3.05, 3.63) is 0 Å². The lowest BCUT2D eigenvalue weighted by Gasteiger charge is -2.19. The number of aliphatic hydroxyl groups excluding tert-OH is 1. The van der Waals surface area contributed by atoms with Crippen LogP contribution in [0.25, 0.3) is 0 Å². The predicted octanol–water partition coefficient (Wildman–Crippen LogP) is 0.669. The molecule has 1 aliphatic carbocycles. The molecular formula is C11H23ClN2O2. The van der Waals surface area contributed by atoms with Crippen molar-refractivity contribution in [1.82, 2.24) is 5.32 Å².